The summed E-state index contributed by atoms with van der Waals surface area (Å²) < 4.78 is 4.77. The lowest BCUT2D eigenvalue weighted by Crippen LogP contribution is -1.91. The van der Waals surface area contributed by atoms with Crippen LogP contribution in [-0.2, 0) is 14.1 Å². The summed E-state index contributed by atoms with van der Waals surface area (Å²) in [6, 6.07) is 49.5. The van der Waals surface area contributed by atoms with E-state index in [9.17, 15) is 0 Å². The molecule has 2 aromatic heterocycles. The third-order valence-corrected chi connectivity index (χ3v) is 10.1. The Bertz CT molecular complexity index is 2650. The molecule has 0 aliphatic rings. The van der Waals surface area contributed by atoms with Crippen LogP contribution in [0.4, 0.5) is 0 Å². The molecule has 0 aliphatic heterocycles. The molecule has 0 unspecified atom stereocenters. The van der Waals surface area contributed by atoms with E-state index in [0.29, 0.717) is 0 Å². The Morgan fingerprint density at radius 2 is 0.659 bits per heavy atom. The van der Waals surface area contributed by atoms with Crippen molar-refractivity contribution in [2.45, 2.75) is 0 Å². The summed E-state index contributed by atoms with van der Waals surface area (Å²) in [6.45, 7) is 0. The van der Waals surface area contributed by atoms with Gasteiger partial charge in [0.2, 0.25) is 0 Å². The maximum atomic E-state index is 2.44. The van der Waals surface area contributed by atoms with Crippen LogP contribution in [-0.4, -0.2) is 9.13 Å². The van der Waals surface area contributed by atoms with Crippen LogP contribution in [0.25, 0.3) is 97.8 Å². The van der Waals surface area contributed by atoms with Gasteiger partial charge in [0.05, 0.1) is 11.0 Å². The van der Waals surface area contributed by atoms with Crippen LogP contribution in [0.2, 0.25) is 0 Å². The van der Waals surface area contributed by atoms with Crippen LogP contribution >= 0.6 is 0 Å². The van der Waals surface area contributed by atoms with E-state index in [1.807, 2.05) is 0 Å². The van der Waals surface area contributed by atoms with E-state index in [2.05, 4.69) is 157 Å². The summed E-state index contributed by atoms with van der Waals surface area (Å²) >= 11 is 0. The summed E-state index contributed by atoms with van der Waals surface area (Å²) in [7, 11) is 4.43. The second-order valence-corrected chi connectivity index (χ2v) is 12.2. The maximum Gasteiger partial charge on any atom is 0.0501 e. The first-order chi connectivity index (χ1) is 21.7. The van der Waals surface area contributed by atoms with Gasteiger partial charge in [-0.25, -0.2) is 0 Å². The van der Waals surface area contributed by atoms with Crippen LogP contribution < -0.4 is 0 Å². The largest absolute Gasteiger partial charge is 0.344 e. The Hall–Kier alpha value is -5.60. The molecule has 2 nitrogen and oxygen atoms in total. The van der Waals surface area contributed by atoms with E-state index in [0.717, 1.165) is 0 Å². The van der Waals surface area contributed by atoms with Gasteiger partial charge in [0.1, 0.15) is 0 Å². The Balaban J connectivity index is 1.41. The molecule has 0 radical (unpaired) electrons. The lowest BCUT2D eigenvalue weighted by Gasteiger charge is -2.14. The van der Waals surface area contributed by atoms with Crippen LogP contribution in [0.3, 0.4) is 0 Å². The highest BCUT2D eigenvalue weighted by molar-refractivity contribution is 6.33. The second-order valence-electron chi connectivity index (χ2n) is 12.2. The predicted octanol–water partition coefficient (Wildman–Crippen LogP) is 11.3. The van der Waals surface area contributed by atoms with Gasteiger partial charge >= 0.3 is 0 Å². The van der Waals surface area contributed by atoms with Gasteiger partial charge in [0.15, 0.2) is 0 Å². The van der Waals surface area contributed by atoms with Gasteiger partial charge in [-0.3, -0.25) is 0 Å². The summed E-state index contributed by atoms with van der Waals surface area (Å²) in [4.78, 5) is 0. The fourth-order valence-electron chi connectivity index (χ4n) is 8.09. The van der Waals surface area contributed by atoms with Crippen molar-refractivity contribution in [2.75, 3.05) is 0 Å². The predicted molar refractivity (Wildman–Crippen MR) is 190 cm³/mol. The van der Waals surface area contributed by atoms with Crippen LogP contribution in [0.1, 0.15) is 0 Å². The zero-order valence-electron chi connectivity index (χ0n) is 24.6. The average molecular weight is 561 g/mol. The molecule has 8 aromatic carbocycles. The van der Waals surface area contributed by atoms with Crippen molar-refractivity contribution in [3.63, 3.8) is 0 Å². The van der Waals surface area contributed by atoms with Crippen LogP contribution in [0.5, 0.6) is 0 Å². The number of benzene rings is 8. The third kappa shape index (κ3) is 2.95. The normalized spacial score (nSPS) is 12.3. The average Bonchev–Trinajstić information content (AvgIpc) is 3.55. The Morgan fingerprint density at radius 3 is 1.09 bits per heavy atom. The fraction of sp³-hybridized carbons (Fsp3) is 0.0476. The van der Waals surface area contributed by atoms with Crippen molar-refractivity contribution in [1.29, 1.82) is 0 Å². The minimum atomic E-state index is 1.26. The Morgan fingerprint density at radius 1 is 0.318 bits per heavy atom. The molecule has 0 bridgehead atoms. The first-order valence-electron chi connectivity index (χ1n) is 15.3. The molecule has 0 amide bonds. The van der Waals surface area contributed by atoms with Crippen molar-refractivity contribution in [2.24, 2.45) is 14.1 Å². The number of fused-ring (bicyclic) bond motifs is 14. The number of nitrogens with zero attached hydrogens (tertiary/aromatic N) is 2. The second kappa shape index (κ2) is 8.49. The quantitative estimate of drug-likeness (QED) is 0.189. The molecule has 0 spiro atoms. The highest BCUT2D eigenvalue weighted by Crippen LogP contribution is 2.46. The molecular formula is C42H28N2. The molecule has 2 heteroatoms. The van der Waals surface area contributed by atoms with E-state index in [4.69, 9.17) is 0 Å². The van der Waals surface area contributed by atoms with Gasteiger partial charge < -0.3 is 9.13 Å². The molecule has 0 N–H and O–H groups in total. The monoisotopic (exact) mass is 560 g/mol. The van der Waals surface area contributed by atoms with Crippen molar-refractivity contribution >= 4 is 86.7 Å². The van der Waals surface area contributed by atoms with Crippen LogP contribution in [0, 0.1) is 0 Å². The minimum absolute atomic E-state index is 1.26. The number of aromatic nitrogens is 2. The first kappa shape index (κ1) is 23.9. The smallest absolute Gasteiger partial charge is 0.0501 e. The highest BCUT2D eigenvalue weighted by atomic mass is 14.9. The number of hydrogen-bond donors (Lipinski definition) is 0. The summed E-state index contributed by atoms with van der Waals surface area (Å²) in [6.07, 6.45) is 0. The van der Waals surface area contributed by atoms with Crippen LogP contribution in [0.15, 0.2) is 133 Å². The molecule has 10 aromatic rings. The van der Waals surface area contributed by atoms with E-state index >= 15 is 0 Å². The Kier molecular flexibility index (Phi) is 4.61. The van der Waals surface area contributed by atoms with E-state index in [1.54, 1.807) is 0 Å². The summed E-state index contributed by atoms with van der Waals surface area (Å²) in [5, 5.41) is 15.7. The molecule has 0 fully saturated rings. The third-order valence-electron chi connectivity index (χ3n) is 10.1. The zero-order valence-corrected chi connectivity index (χ0v) is 24.6. The van der Waals surface area contributed by atoms with E-state index in [1.165, 1.54) is 97.8 Å². The highest BCUT2D eigenvalue weighted by Gasteiger charge is 2.21. The fourth-order valence-corrected chi connectivity index (χ4v) is 8.09. The SMILES string of the molecule is Cn1c2ccc3ccccc3c2c2c3ccccc3c(-c3cc4c(c5ccccc35)c3c5ccccc5ccc3n4C)cc21. The van der Waals surface area contributed by atoms with Gasteiger partial charge in [-0.1, -0.05) is 109 Å². The first-order valence-corrected chi connectivity index (χ1v) is 15.3. The maximum absolute atomic E-state index is 2.44. The lowest BCUT2D eigenvalue weighted by atomic mass is 9.89. The van der Waals surface area contributed by atoms with Crippen molar-refractivity contribution < 1.29 is 0 Å². The zero-order chi connectivity index (χ0) is 29.1. The molecule has 0 saturated carbocycles. The number of hydrogen-bond acceptors (Lipinski definition) is 0. The molecule has 0 saturated heterocycles. The lowest BCUT2D eigenvalue weighted by molar-refractivity contribution is 1.01. The summed E-state index contributed by atoms with van der Waals surface area (Å²) in [5.41, 5.74) is 7.60. The van der Waals surface area contributed by atoms with Crippen molar-refractivity contribution in [1.82, 2.24) is 9.13 Å². The van der Waals surface area contributed by atoms with Gasteiger partial charge in [-0.15, -0.1) is 0 Å². The van der Waals surface area contributed by atoms with Crippen molar-refractivity contribution in [3.05, 3.63) is 133 Å². The minimum Gasteiger partial charge on any atom is -0.344 e. The topological polar surface area (TPSA) is 9.86 Å². The standard InChI is InChI=1S/C42H28N2/c1-43-35-21-19-25-11-3-5-13-27(25)39(35)41-31-17-9-7-15-29(31)33(23-37(41)43)34-24-38-42(32-18-10-8-16-30(32)34)40-28-14-6-4-12-26(28)20-22-36(40)44(38)2/h3-24H,1-2H3. The number of aryl methyl sites for hydroxylation is 2. The van der Waals surface area contributed by atoms with Gasteiger partial charge in [0.25, 0.3) is 0 Å². The molecule has 206 valence electrons. The molecule has 2 heterocycles. The van der Waals surface area contributed by atoms with Gasteiger partial charge in [-0.2, -0.15) is 0 Å². The van der Waals surface area contributed by atoms with Gasteiger partial charge in [-0.05, 0) is 78.5 Å². The summed E-state index contributed by atoms with van der Waals surface area (Å²) in [5.74, 6) is 0. The molecule has 0 atom stereocenters. The molecule has 0 aliphatic carbocycles. The van der Waals surface area contributed by atoms with E-state index < -0.39 is 0 Å². The van der Waals surface area contributed by atoms with Crippen molar-refractivity contribution in [3.8, 4) is 11.1 Å². The van der Waals surface area contributed by atoms with Gasteiger partial charge in [0, 0.05) is 46.7 Å². The molecular weight excluding hydrogens is 532 g/mol. The molecule has 10 rings (SSSR count). The van der Waals surface area contributed by atoms with E-state index in [-0.39, 0.29) is 0 Å². The Labute approximate surface area is 254 Å². The number of rotatable bonds is 1. The molecule has 44 heavy (non-hydrogen) atoms.